The number of nitrogens with one attached hydrogen (secondary N) is 1. The van der Waals surface area contributed by atoms with E-state index in [4.69, 9.17) is 5.73 Å². The van der Waals surface area contributed by atoms with Crippen LogP contribution < -0.4 is 5.73 Å². The maximum atomic E-state index is 5.88. The highest BCUT2D eigenvalue weighted by Crippen LogP contribution is 2.29. The molecule has 3 rings (SSSR count). The van der Waals surface area contributed by atoms with Crippen LogP contribution in [0.2, 0.25) is 0 Å². The number of nitrogens with two attached hydrogens (primary N) is 1. The van der Waals surface area contributed by atoms with Crippen LogP contribution in [-0.4, -0.2) is 9.97 Å². The van der Waals surface area contributed by atoms with Crippen molar-refractivity contribution < 1.29 is 0 Å². The largest absolute Gasteiger partial charge is 0.397 e. The fraction of sp³-hybridized carbons (Fsp3) is 0.0833. The van der Waals surface area contributed by atoms with Crippen molar-refractivity contribution in [2.24, 2.45) is 0 Å². The maximum absolute atomic E-state index is 5.88. The van der Waals surface area contributed by atoms with Crippen molar-refractivity contribution in [1.29, 1.82) is 0 Å². The molecule has 0 atom stereocenters. The number of anilines is 1. The van der Waals surface area contributed by atoms with Gasteiger partial charge in [0.15, 0.2) is 0 Å². The van der Waals surface area contributed by atoms with Gasteiger partial charge < -0.3 is 10.7 Å². The quantitative estimate of drug-likeness (QED) is 0.630. The number of aromatic nitrogens is 2. The monoisotopic (exact) mass is 229 g/mol. The molecule has 2 aromatic heterocycles. The lowest BCUT2D eigenvalue weighted by atomic mass is 10.3. The van der Waals surface area contributed by atoms with Crippen LogP contribution in [0.15, 0.2) is 29.6 Å². The van der Waals surface area contributed by atoms with Crippen LogP contribution in [-0.2, 0) is 0 Å². The first-order valence-electron chi connectivity index (χ1n) is 5.04. The van der Waals surface area contributed by atoms with Gasteiger partial charge in [0.2, 0.25) is 0 Å². The Hall–Kier alpha value is -1.81. The van der Waals surface area contributed by atoms with Crippen molar-refractivity contribution in [3.63, 3.8) is 0 Å². The van der Waals surface area contributed by atoms with Gasteiger partial charge >= 0.3 is 0 Å². The van der Waals surface area contributed by atoms with Gasteiger partial charge in [-0.1, -0.05) is 6.07 Å². The second-order valence-corrected chi connectivity index (χ2v) is 4.68. The van der Waals surface area contributed by atoms with E-state index in [9.17, 15) is 0 Å². The first-order chi connectivity index (χ1) is 7.75. The van der Waals surface area contributed by atoms with Crippen LogP contribution in [0.3, 0.4) is 0 Å². The lowest BCUT2D eigenvalue weighted by Gasteiger charge is -1.91. The Morgan fingerprint density at radius 3 is 2.88 bits per heavy atom. The molecule has 80 valence electrons. The molecule has 3 nitrogen and oxygen atoms in total. The van der Waals surface area contributed by atoms with Gasteiger partial charge in [-0.15, -0.1) is 11.3 Å². The van der Waals surface area contributed by atoms with E-state index in [1.807, 2.05) is 18.2 Å². The number of para-hydroxylation sites is 1. The Morgan fingerprint density at radius 1 is 1.31 bits per heavy atom. The highest BCUT2D eigenvalue weighted by Gasteiger charge is 2.09. The zero-order chi connectivity index (χ0) is 11.1. The second kappa shape index (κ2) is 3.35. The van der Waals surface area contributed by atoms with Crippen molar-refractivity contribution in [1.82, 2.24) is 9.97 Å². The predicted molar refractivity (Wildman–Crippen MR) is 68.6 cm³/mol. The van der Waals surface area contributed by atoms with Gasteiger partial charge in [0.05, 0.1) is 16.1 Å². The molecule has 0 aliphatic rings. The van der Waals surface area contributed by atoms with Crippen LogP contribution in [0.5, 0.6) is 0 Å². The van der Waals surface area contributed by atoms with Crippen LogP contribution in [0.25, 0.3) is 21.7 Å². The molecular weight excluding hydrogens is 218 g/mol. The summed E-state index contributed by atoms with van der Waals surface area (Å²) in [5.74, 6) is 0.903. The average molecular weight is 229 g/mol. The summed E-state index contributed by atoms with van der Waals surface area (Å²) in [7, 11) is 0. The van der Waals surface area contributed by atoms with Gasteiger partial charge in [0, 0.05) is 0 Å². The normalized spacial score (nSPS) is 11.1. The molecule has 0 saturated heterocycles. The Balaban J connectivity index is 2.27. The number of H-pyrrole nitrogens is 1. The summed E-state index contributed by atoms with van der Waals surface area (Å²) in [4.78, 5) is 9.02. The Bertz CT molecular complexity index is 651. The van der Waals surface area contributed by atoms with Gasteiger partial charge in [-0.25, -0.2) is 4.98 Å². The molecule has 2 heterocycles. The molecule has 3 aromatic rings. The third-order valence-corrected chi connectivity index (χ3v) is 3.64. The number of aryl methyl sites for hydroxylation is 1. The number of nitrogens with zero attached hydrogens (tertiary/aromatic N) is 1. The van der Waals surface area contributed by atoms with Gasteiger partial charge in [0.1, 0.15) is 11.3 Å². The van der Waals surface area contributed by atoms with Crippen LogP contribution in [0, 0.1) is 6.92 Å². The Labute approximate surface area is 96.9 Å². The van der Waals surface area contributed by atoms with Crippen molar-refractivity contribution >= 4 is 28.1 Å². The van der Waals surface area contributed by atoms with Crippen molar-refractivity contribution in [2.45, 2.75) is 6.92 Å². The summed E-state index contributed by atoms with van der Waals surface area (Å²) >= 11 is 1.69. The molecule has 0 radical (unpaired) electrons. The van der Waals surface area contributed by atoms with E-state index in [0.29, 0.717) is 5.69 Å². The third kappa shape index (κ3) is 1.31. The lowest BCUT2D eigenvalue weighted by molar-refractivity contribution is 1.34. The molecule has 0 aliphatic carbocycles. The summed E-state index contributed by atoms with van der Waals surface area (Å²) in [6.07, 6.45) is 0. The molecule has 0 saturated carbocycles. The molecule has 1 aromatic carbocycles. The SMILES string of the molecule is Cc1ccsc1-c1nc2c(N)cccc2[nH]1. The molecule has 0 fully saturated rings. The van der Waals surface area contributed by atoms with E-state index >= 15 is 0 Å². The molecule has 4 heteroatoms. The number of hydrogen-bond acceptors (Lipinski definition) is 3. The standard InChI is InChI=1S/C12H11N3S/c1-7-5-6-16-11(7)12-14-9-4-2-3-8(13)10(9)15-12/h2-6H,13H2,1H3,(H,14,15). The van der Waals surface area contributed by atoms with E-state index in [1.165, 1.54) is 10.4 Å². The van der Waals surface area contributed by atoms with Crippen molar-refractivity contribution in [2.75, 3.05) is 5.73 Å². The molecule has 0 bridgehead atoms. The number of aromatic amines is 1. The second-order valence-electron chi connectivity index (χ2n) is 3.76. The minimum atomic E-state index is 0.717. The number of imidazole rings is 1. The number of hydrogen-bond donors (Lipinski definition) is 2. The topological polar surface area (TPSA) is 54.7 Å². The highest BCUT2D eigenvalue weighted by atomic mass is 32.1. The first kappa shape index (κ1) is 9.42. The highest BCUT2D eigenvalue weighted by molar-refractivity contribution is 7.13. The first-order valence-corrected chi connectivity index (χ1v) is 5.92. The van der Waals surface area contributed by atoms with Crippen LogP contribution in [0.4, 0.5) is 5.69 Å². The van der Waals surface area contributed by atoms with E-state index < -0.39 is 0 Å². The van der Waals surface area contributed by atoms with Crippen molar-refractivity contribution in [3.05, 3.63) is 35.2 Å². The van der Waals surface area contributed by atoms with E-state index in [1.54, 1.807) is 11.3 Å². The summed E-state index contributed by atoms with van der Waals surface area (Å²) in [5, 5.41) is 2.07. The maximum Gasteiger partial charge on any atom is 0.148 e. The number of thiophene rings is 1. The van der Waals surface area contributed by atoms with Gasteiger partial charge in [-0.2, -0.15) is 0 Å². The fourth-order valence-corrected chi connectivity index (χ4v) is 2.65. The number of fused-ring (bicyclic) bond motifs is 1. The van der Waals surface area contributed by atoms with Crippen LogP contribution in [0.1, 0.15) is 5.56 Å². The third-order valence-electron chi connectivity index (χ3n) is 2.62. The molecule has 0 unspecified atom stereocenters. The number of rotatable bonds is 1. The Kier molecular flexibility index (Phi) is 1.97. The molecule has 0 aliphatic heterocycles. The Morgan fingerprint density at radius 2 is 2.19 bits per heavy atom. The summed E-state index contributed by atoms with van der Waals surface area (Å²) in [6.45, 7) is 2.09. The summed E-state index contributed by atoms with van der Waals surface area (Å²) < 4.78 is 0. The van der Waals surface area contributed by atoms with E-state index in [0.717, 1.165) is 16.9 Å². The minimum absolute atomic E-state index is 0.717. The predicted octanol–water partition coefficient (Wildman–Crippen LogP) is 3.18. The molecule has 16 heavy (non-hydrogen) atoms. The molecular formula is C12H11N3S. The molecule has 0 spiro atoms. The van der Waals surface area contributed by atoms with E-state index in [-0.39, 0.29) is 0 Å². The molecule has 0 amide bonds. The average Bonchev–Trinajstić information content (AvgIpc) is 2.84. The van der Waals surface area contributed by atoms with Crippen molar-refractivity contribution in [3.8, 4) is 10.7 Å². The molecule has 3 N–H and O–H groups in total. The summed E-state index contributed by atoms with van der Waals surface area (Å²) in [5.41, 5.74) is 9.68. The number of benzene rings is 1. The summed E-state index contributed by atoms with van der Waals surface area (Å²) in [6, 6.07) is 7.89. The minimum Gasteiger partial charge on any atom is -0.397 e. The van der Waals surface area contributed by atoms with Gasteiger partial charge in [-0.05, 0) is 36.1 Å². The van der Waals surface area contributed by atoms with Gasteiger partial charge in [0.25, 0.3) is 0 Å². The van der Waals surface area contributed by atoms with Gasteiger partial charge in [-0.3, -0.25) is 0 Å². The number of nitrogen functional groups attached to an aromatic ring is 1. The lowest BCUT2D eigenvalue weighted by Crippen LogP contribution is -1.84. The van der Waals surface area contributed by atoms with E-state index in [2.05, 4.69) is 28.3 Å². The smallest absolute Gasteiger partial charge is 0.148 e. The zero-order valence-corrected chi connectivity index (χ0v) is 9.64. The zero-order valence-electron chi connectivity index (χ0n) is 8.82. The fourth-order valence-electron chi connectivity index (χ4n) is 1.78. The van der Waals surface area contributed by atoms with Crippen LogP contribution >= 0.6 is 11.3 Å².